The first-order valence-electron chi connectivity index (χ1n) is 6.97. The van der Waals surface area contributed by atoms with E-state index in [-0.39, 0.29) is 11.3 Å². The molecule has 0 unspecified atom stereocenters. The van der Waals surface area contributed by atoms with Crippen LogP contribution in [-0.4, -0.2) is 28.4 Å². The van der Waals surface area contributed by atoms with E-state index in [1.54, 1.807) is 0 Å². The highest BCUT2D eigenvalue weighted by Gasteiger charge is 2.42. The summed E-state index contributed by atoms with van der Waals surface area (Å²) in [5.41, 5.74) is -1.28. The minimum Gasteiger partial charge on any atom is -0.480 e. The third-order valence-corrected chi connectivity index (χ3v) is 3.76. The number of carbonyl (C=O) groups is 3. The van der Waals surface area contributed by atoms with Crippen molar-refractivity contribution in [1.82, 2.24) is 5.32 Å². The first-order chi connectivity index (χ1) is 10.3. The Morgan fingerprint density at radius 1 is 1.23 bits per heavy atom. The molecule has 2 rings (SSSR count). The Bertz CT molecular complexity index is 624. The van der Waals surface area contributed by atoms with Crippen LogP contribution in [0, 0.1) is 5.82 Å². The summed E-state index contributed by atoms with van der Waals surface area (Å²) in [5.74, 6) is -2.80. The predicted octanol–water partition coefficient (Wildman–Crippen LogP) is 1.91. The van der Waals surface area contributed by atoms with Crippen molar-refractivity contribution in [3.8, 4) is 0 Å². The van der Waals surface area contributed by atoms with Gasteiger partial charge in [0.2, 0.25) is 5.91 Å². The van der Waals surface area contributed by atoms with Crippen LogP contribution in [-0.2, 0) is 9.59 Å². The average molecular weight is 308 g/mol. The van der Waals surface area contributed by atoms with Crippen LogP contribution in [0.2, 0.25) is 0 Å². The van der Waals surface area contributed by atoms with Crippen molar-refractivity contribution >= 4 is 23.5 Å². The molecule has 1 aliphatic rings. The summed E-state index contributed by atoms with van der Waals surface area (Å²) >= 11 is 0. The number of benzene rings is 1. The third-order valence-electron chi connectivity index (χ3n) is 3.76. The maximum Gasteiger partial charge on any atom is 0.329 e. The average Bonchev–Trinajstić information content (AvgIpc) is 2.90. The molecule has 7 heteroatoms. The molecule has 1 fully saturated rings. The molecule has 22 heavy (non-hydrogen) atoms. The molecule has 0 atom stereocenters. The van der Waals surface area contributed by atoms with Gasteiger partial charge in [-0.2, -0.15) is 0 Å². The van der Waals surface area contributed by atoms with Crippen molar-refractivity contribution in [2.45, 2.75) is 38.1 Å². The molecule has 0 saturated heterocycles. The van der Waals surface area contributed by atoms with E-state index in [0.29, 0.717) is 12.8 Å². The van der Waals surface area contributed by atoms with Crippen molar-refractivity contribution in [3.63, 3.8) is 0 Å². The molecule has 0 radical (unpaired) electrons. The van der Waals surface area contributed by atoms with E-state index >= 15 is 0 Å². The highest BCUT2D eigenvalue weighted by atomic mass is 19.1. The van der Waals surface area contributed by atoms with E-state index in [1.807, 2.05) is 0 Å². The zero-order valence-electron chi connectivity index (χ0n) is 12.1. The number of amides is 2. The fraction of sp³-hybridized carbons (Fsp3) is 0.400. The van der Waals surface area contributed by atoms with E-state index < -0.39 is 29.1 Å². The number of nitrogens with one attached hydrogen (secondary N) is 2. The van der Waals surface area contributed by atoms with Crippen molar-refractivity contribution in [2.75, 3.05) is 5.32 Å². The Balaban J connectivity index is 2.22. The van der Waals surface area contributed by atoms with Gasteiger partial charge in [0, 0.05) is 12.5 Å². The van der Waals surface area contributed by atoms with Crippen LogP contribution >= 0.6 is 0 Å². The van der Waals surface area contributed by atoms with E-state index in [0.717, 1.165) is 18.9 Å². The molecule has 1 saturated carbocycles. The molecule has 1 aliphatic carbocycles. The van der Waals surface area contributed by atoms with Crippen molar-refractivity contribution in [2.24, 2.45) is 0 Å². The number of halogens is 1. The van der Waals surface area contributed by atoms with Crippen LogP contribution in [0.25, 0.3) is 0 Å². The SMILES string of the molecule is CC(=O)Nc1cc(C(=O)NC2(C(=O)O)CCCC2)ccc1F. The smallest absolute Gasteiger partial charge is 0.329 e. The van der Waals surface area contributed by atoms with Gasteiger partial charge >= 0.3 is 5.97 Å². The molecular formula is C15H17FN2O4. The third kappa shape index (κ3) is 3.24. The van der Waals surface area contributed by atoms with Crippen LogP contribution in [0.15, 0.2) is 18.2 Å². The van der Waals surface area contributed by atoms with Crippen molar-refractivity contribution < 1.29 is 23.9 Å². The second-order valence-corrected chi connectivity index (χ2v) is 5.42. The molecule has 1 aromatic rings. The van der Waals surface area contributed by atoms with Crippen LogP contribution in [0.3, 0.4) is 0 Å². The maximum atomic E-state index is 13.6. The van der Waals surface area contributed by atoms with Crippen LogP contribution < -0.4 is 10.6 Å². The number of carboxylic acids is 1. The Kier molecular flexibility index (Phi) is 4.44. The van der Waals surface area contributed by atoms with E-state index in [2.05, 4.69) is 10.6 Å². The molecule has 118 valence electrons. The number of rotatable bonds is 4. The fourth-order valence-electron chi connectivity index (χ4n) is 2.61. The van der Waals surface area contributed by atoms with Gasteiger partial charge in [-0.15, -0.1) is 0 Å². The number of carbonyl (C=O) groups excluding carboxylic acids is 2. The zero-order valence-corrected chi connectivity index (χ0v) is 12.1. The Labute approximate surface area is 126 Å². The predicted molar refractivity (Wildman–Crippen MR) is 77.0 cm³/mol. The zero-order chi connectivity index (χ0) is 16.3. The van der Waals surface area contributed by atoms with Gasteiger partial charge in [-0.3, -0.25) is 9.59 Å². The Hall–Kier alpha value is -2.44. The molecule has 2 amide bonds. The number of anilines is 1. The molecule has 1 aromatic carbocycles. The van der Waals surface area contributed by atoms with E-state index in [1.165, 1.54) is 19.1 Å². The number of carboxylic acid groups (broad SMARTS) is 1. The minimum atomic E-state index is -1.26. The van der Waals surface area contributed by atoms with Gasteiger partial charge in [-0.1, -0.05) is 12.8 Å². The molecule has 0 aromatic heterocycles. The van der Waals surface area contributed by atoms with Gasteiger partial charge in [-0.25, -0.2) is 9.18 Å². The summed E-state index contributed by atoms with van der Waals surface area (Å²) in [5, 5.41) is 14.2. The van der Waals surface area contributed by atoms with Crippen molar-refractivity contribution in [3.05, 3.63) is 29.6 Å². The standard InChI is InChI=1S/C15H17FN2O4/c1-9(19)17-12-8-10(4-5-11(12)16)13(20)18-15(14(21)22)6-2-3-7-15/h4-5,8H,2-3,6-7H2,1H3,(H,17,19)(H,18,20)(H,21,22). The number of hydrogen-bond acceptors (Lipinski definition) is 3. The summed E-state index contributed by atoms with van der Waals surface area (Å²) < 4.78 is 13.6. The minimum absolute atomic E-state index is 0.0951. The summed E-state index contributed by atoms with van der Waals surface area (Å²) in [4.78, 5) is 34.7. The molecular weight excluding hydrogens is 291 g/mol. The topological polar surface area (TPSA) is 95.5 Å². The molecule has 6 nitrogen and oxygen atoms in total. The highest BCUT2D eigenvalue weighted by Crippen LogP contribution is 2.30. The summed E-state index contributed by atoms with van der Waals surface area (Å²) in [6.45, 7) is 1.23. The lowest BCUT2D eigenvalue weighted by Gasteiger charge is -2.25. The quantitative estimate of drug-likeness (QED) is 0.791. The lowest BCUT2D eigenvalue weighted by Crippen LogP contribution is -2.52. The fourth-order valence-corrected chi connectivity index (χ4v) is 2.61. The lowest BCUT2D eigenvalue weighted by molar-refractivity contribution is -0.144. The van der Waals surface area contributed by atoms with Gasteiger partial charge in [-0.05, 0) is 31.0 Å². The van der Waals surface area contributed by atoms with E-state index in [9.17, 15) is 23.9 Å². The molecule has 3 N–H and O–H groups in total. The number of hydrogen-bond donors (Lipinski definition) is 3. The highest BCUT2D eigenvalue weighted by molar-refractivity contribution is 5.99. The largest absolute Gasteiger partial charge is 0.480 e. The summed E-state index contributed by atoms with van der Waals surface area (Å²) in [6.07, 6.45) is 2.20. The van der Waals surface area contributed by atoms with Crippen LogP contribution in [0.1, 0.15) is 43.0 Å². The van der Waals surface area contributed by atoms with Gasteiger partial charge < -0.3 is 15.7 Å². The van der Waals surface area contributed by atoms with Crippen LogP contribution in [0.4, 0.5) is 10.1 Å². The first-order valence-corrected chi connectivity index (χ1v) is 6.97. The van der Waals surface area contributed by atoms with E-state index in [4.69, 9.17) is 0 Å². The molecule has 0 bridgehead atoms. The number of aliphatic carboxylic acids is 1. The summed E-state index contributed by atoms with van der Waals surface area (Å²) in [7, 11) is 0. The molecule has 0 spiro atoms. The second kappa shape index (κ2) is 6.13. The lowest BCUT2D eigenvalue weighted by atomic mass is 9.97. The van der Waals surface area contributed by atoms with Gasteiger partial charge in [0.25, 0.3) is 5.91 Å². The monoisotopic (exact) mass is 308 g/mol. The molecule has 0 heterocycles. The van der Waals surface area contributed by atoms with Gasteiger partial charge in [0.05, 0.1) is 5.69 Å². The van der Waals surface area contributed by atoms with Gasteiger partial charge in [0.15, 0.2) is 0 Å². The van der Waals surface area contributed by atoms with Crippen LogP contribution in [0.5, 0.6) is 0 Å². The van der Waals surface area contributed by atoms with Crippen molar-refractivity contribution in [1.29, 1.82) is 0 Å². The first kappa shape index (κ1) is 15.9. The Morgan fingerprint density at radius 2 is 1.86 bits per heavy atom. The Morgan fingerprint density at radius 3 is 2.41 bits per heavy atom. The van der Waals surface area contributed by atoms with Gasteiger partial charge in [0.1, 0.15) is 11.4 Å². The second-order valence-electron chi connectivity index (χ2n) is 5.42. The summed E-state index contributed by atoms with van der Waals surface area (Å²) in [6, 6.07) is 3.50. The molecule has 0 aliphatic heterocycles. The maximum absolute atomic E-state index is 13.6. The normalized spacial score (nSPS) is 16.1.